The molecule has 82 valence electrons. The molecule has 0 radical (unpaired) electrons. The van der Waals surface area contributed by atoms with E-state index in [1.807, 2.05) is 0 Å². The lowest BCUT2D eigenvalue weighted by atomic mass is 10.2. The summed E-state index contributed by atoms with van der Waals surface area (Å²) in [6, 6.07) is 5.72. The van der Waals surface area contributed by atoms with E-state index in [1.165, 1.54) is 31.5 Å². The van der Waals surface area contributed by atoms with Gasteiger partial charge in [0.15, 0.2) is 5.82 Å². The maximum atomic E-state index is 13.1. The average Bonchev–Trinajstić information content (AvgIpc) is 2.29. The second-order valence-electron chi connectivity index (χ2n) is 3.15. The number of rotatable bonds is 2. The van der Waals surface area contributed by atoms with Gasteiger partial charge in [0.05, 0.1) is 12.7 Å². The van der Waals surface area contributed by atoms with Crippen LogP contribution in [-0.2, 0) is 0 Å². The lowest BCUT2D eigenvalue weighted by Crippen LogP contribution is -1.97. The number of benzene rings is 1. The first-order chi connectivity index (χ1) is 7.70. The number of anilines is 1. The lowest BCUT2D eigenvalue weighted by Gasteiger charge is -2.07. The van der Waals surface area contributed by atoms with E-state index in [0.29, 0.717) is 23.0 Å². The topological polar surface area (TPSA) is 61.0 Å². The highest BCUT2D eigenvalue weighted by Gasteiger charge is 2.09. The Hall–Kier alpha value is -2.17. The molecule has 0 aliphatic rings. The predicted octanol–water partition coefficient (Wildman–Crippen LogP) is 1.87. The second kappa shape index (κ2) is 4.14. The van der Waals surface area contributed by atoms with Gasteiger partial charge in [-0.3, -0.25) is 0 Å². The number of hydrogen-bond acceptors (Lipinski definition) is 4. The molecule has 0 aliphatic carbocycles. The number of nitrogens with zero attached hydrogens (tertiary/aromatic N) is 2. The van der Waals surface area contributed by atoms with Crippen LogP contribution in [-0.4, -0.2) is 17.1 Å². The number of nitrogens with two attached hydrogens (primary N) is 1. The molecule has 2 N–H and O–H groups in total. The van der Waals surface area contributed by atoms with E-state index in [0.717, 1.165) is 0 Å². The Kier molecular flexibility index (Phi) is 2.68. The first kappa shape index (κ1) is 10.4. The minimum atomic E-state index is -0.373. The van der Waals surface area contributed by atoms with Crippen molar-refractivity contribution in [1.82, 2.24) is 9.97 Å². The second-order valence-corrected chi connectivity index (χ2v) is 3.15. The van der Waals surface area contributed by atoms with Crippen LogP contribution >= 0.6 is 0 Å². The lowest BCUT2D eigenvalue weighted by molar-refractivity contribution is 0.415. The van der Waals surface area contributed by atoms with Gasteiger partial charge in [0.2, 0.25) is 0 Å². The highest BCUT2D eigenvalue weighted by atomic mass is 19.1. The summed E-state index contributed by atoms with van der Waals surface area (Å²) in [5.41, 5.74) is 6.02. The van der Waals surface area contributed by atoms with Gasteiger partial charge >= 0.3 is 0 Å². The number of methoxy groups -OCH3 is 1. The Bertz CT molecular complexity index is 516. The van der Waals surface area contributed by atoms with Crippen molar-refractivity contribution in [3.8, 4) is 17.1 Å². The predicted molar refractivity (Wildman–Crippen MR) is 58.4 cm³/mol. The summed E-state index contributed by atoms with van der Waals surface area (Å²) in [6.07, 6.45) is 1.52. The van der Waals surface area contributed by atoms with Gasteiger partial charge < -0.3 is 10.5 Å². The minimum Gasteiger partial charge on any atom is -0.496 e. The SMILES string of the molecule is COc1ccc(F)cc1-c1nccc(N)n1. The fourth-order valence-electron chi connectivity index (χ4n) is 1.36. The van der Waals surface area contributed by atoms with Crippen LogP contribution in [0.3, 0.4) is 0 Å². The molecule has 0 unspecified atom stereocenters. The van der Waals surface area contributed by atoms with Crippen LogP contribution in [0.2, 0.25) is 0 Å². The normalized spacial score (nSPS) is 10.1. The molecule has 1 aromatic heterocycles. The smallest absolute Gasteiger partial charge is 0.165 e. The third-order valence-corrected chi connectivity index (χ3v) is 2.08. The van der Waals surface area contributed by atoms with Gasteiger partial charge in [0.25, 0.3) is 0 Å². The van der Waals surface area contributed by atoms with Crippen molar-refractivity contribution in [2.45, 2.75) is 0 Å². The molecule has 0 aliphatic heterocycles. The van der Waals surface area contributed by atoms with Gasteiger partial charge in [-0.25, -0.2) is 14.4 Å². The molecule has 0 amide bonds. The number of halogens is 1. The van der Waals surface area contributed by atoms with Crippen molar-refractivity contribution in [2.24, 2.45) is 0 Å². The summed E-state index contributed by atoms with van der Waals surface area (Å²) >= 11 is 0. The molecular weight excluding hydrogens is 209 g/mol. The first-order valence-corrected chi connectivity index (χ1v) is 4.63. The van der Waals surface area contributed by atoms with Crippen LogP contribution in [0, 0.1) is 5.82 Å². The Morgan fingerprint density at radius 1 is 1.31 bits per heavy atom. The number of aromatic nitrogens is 2. The molecule has 0 saturated heterocycles. The molecule has 2 rings (SSSR count). The Balaban J connectivity index is 2.58. The highest BCUT2D eigenvalue weighted by Crippen LogP contribution is 2.27. The van der Waals surface area contributed by atoms with Crippen LogP contribution in [0.5, 0.6) is 5.75 Å². The molecule has 16 heavy (non-hydrogen) atoms. The molecule has 2 aromatic rings. The molecule has 0 atom stereocenters. The summed E-state index contributed by atoms with van der Waals surface area (Å²) in [4.78, 5) is 8.03. The quantitative estimate of drug-likeness (QED) is 0.837. The number of hydrogen-bond donors (Lipinski definition) is 1. The zero-order valence-corrected chi connectivity index (χ0v) is 8.64. The zero-order chi connectivity index (χ0) is 11.5. The van der Waals surface area contributed by atoms with E-state index in [-0.39, 0.29) is 5.82 Å². The Morgan fingerprint density at radius 2 is 2.12 bits per heavy atom. The fourth-order valence-corrected chi connectivity index (χ4v) is 1.36. The van der Waals surface area contributed by atoms with Crippen molar-refractivity contribution in [2.75, 3.05) is 12.8 Å². The number of ether oxygens (including phenoxy) is 1. The molecule has 1 aromatic carbocycles. The molecule has 0 saturated carbocycles. The van der Waals surface area contributed by atoms with E-state index in [2.05, 4.69) is 9.97 Å². The van der Waals surface area contributed by atoms with Crippen molar-refractivity contribution in [3.63, 3.8) is 0 Å². The van der Waals surface area contributed by atoms with E-state index < -0.39 is 0 Å². The van der Waals surface area contributed by atoms with E-state index in [4.69, 9.17) is 10.5 Å². The zero-order valence-electron chi connectivity index (χ0n) is 8.64. The van der Waals surface area contributed by atoms with Gasteiger partial charge in [-0.15, -0.1) is 0 Å². The summed E-state index contributed by atoms with van der Waals surface area (Å²) < 4.78 is 18.2. The molecule has 0 bridgehead atoms. The van der Waals surface area contributed by atoms with Crippen LogP contribution in [0.1, 0.15) is 0 Å². The maximum absolute atomic E-state index is 13.1. The molecule has 4 nitrogen and oxygen atoms in total. The summed E-state index contributed by atoms with van der Waals surface area (Å²) in [7, 11) is 1.50. The molecule has 5 heteroatoms. The van der Waals surface area contributed by atoms with E-state index in [1.54, 1.807) is 6.07 Å². The van der Waals surface area contributed by atoms with Gasteiger partial charge in [-0.2, -0.15) is 0 Å². The van der Waals surface area contributed by atoms with E-state index in [9.17, 15) is 4.39 Å². The van der Waals surface area contributed by atoms with Crippen molar-refractivity contribution < 1.29 is 9.13 Å². The summed E-state index contributed by atoms with van der Waals surface area (Å²) in [5, 5.41) is 0. The largest absolute Gasteiger partial charge is 0.496 e. The monoisotopic (exact) mass is 219 g/mol. The minimum absolute atomic E-state index is 0.330. The standard InChI is InChI=1S/C11H10FN3O/c1-16-9-3-2-7(12)6-8(9)11-14-5-4-10(13)15-11/h2-6H,1H3,(H2,13,14,15). The number of nitrogen functional groups attached to an aromatic ring is 1. The van der Waals surface area contributed by atoms with Gasteiger partial charge in [0.1, 0.15) is 17.4 Å². The van der Waals surface area contributed by atoms with Crippen LogP contribution in [0.25, 0.3) is 11.4 Å². The molecular formula is C11H10FN3O. The van der Waals surface area contributed by atoms with Gasteiger partial charge in [0, 0.05) is 6.20 Å². The third kappa shape index (κ3) is 1.93. The Labute approximate surface area is 91.9 Å². The van der Waals surface area contributed by atoms with Gasteiger partial charge in [-0.05, 0) is 24.3 Å². The first-order valence-electron chi connectivity index (χ1n) is 4.63. The Morgan fingerprint density at radius 3 is 2.81 bits per heavy atom. The van der Waals surface area contributed by atoms with Crippen molar-refractivity contribution >= 4 is 5.82 Å². The van der Waals surface area contributed by atoms with Crippen LogP contribution in [0.4, 0.5) is 10.2 Å². The highest BCUT2D eigenvalue weighted by molar-refractivity contribution is 5.64. The molecule has 1 heterocycles. The van der Waals surface area contributed by atoms with Gasteiger partial charge in [-0.1, -0.05) is 0 Å². The van der Waals surface area contributed by atoms with Crippen LogP contribution in [0.15, 0.2) is 30.5 Å². The average molecular weight is 219 g/mol. The molecule has 0 fully saturated rings. The third-order valence-electron chi connectivity index (χ3n) is 2.08. The fraction of sp³-hybridized carbons (Fsp3) is 0.0909. The summed E-state index contributed by atoms with van der Waals surface area (Å²) in [5.74, 6) is 0.807. The summed E-state index contributed by atoms with van der Waals surface area (Å²) in [6.45, 7) is 0. The van der Waals surface area contributed by atoms with Crippen molar-refractivity contribution in [3.05, 3.63) is 36.3 Å². The van der Waals surface area contributed by atoms with E-state index >= 15 is 0 Å². The van der Waals surface area contributed by atoms with Crippen molar-refractivity contribution in [1.29, 1.82) is 0 Å². The maximum Gasteiger partial charge on any atom is 0.165 e. The molecule has 0 spiro atoms. The van der Waals surface area contributed by atoms with Crippen LogP contribution < -0.4 is 10.5 Å².